The maximum atomic E-state index is 12.8. The number of Topliss-reactive ketones (excluding diaryl/α,β-unsaturated/α-hetero) is 1. The van der Waals surface area contributed by atoms with Crippen LogP contribution in [0, 0.1) is 5.92 Å². The molecule has 1 N–H and O–H groups in total. The molecule has 8 heteroatoms. The highest BCUT2D eigenvalue weighted by Crippen LogP contribution is 2.31. The van der Waals surface area contributed by atoms with E-state index in [0.717, 1.165) is 41.9 Å². The molecule has 0 amide bonds. The number of aromatic amines is 1. The van der Waals surface area contributed by atoms with Gasteiger partial charge in [-0.1, -0.05) is 12.1 Å². The van der Waals surface area contributed by atoms with Gasteiger partial charge in [-0.25, -0.2) is 9.97 Å². The lowest BCUT2D eigenvalue weighted by Crippen LogP contribution is -2.39. The molecule has 3 heterocycles. The molecular weight excluding hydrogens is 357 g/mol. The molecule has 0 radical (unpaired) electrons. The molecule has 3 aromatic rings. The SMILES string of the molecule is O=C(c1ccc(C(F)(F)F)cc1)[C@H]1CCCN(c2ncnc3[nH]ccc23)C1. The Balaban J connectivity index is 1.54. The molecule has 1 fully saturated rings. The quantitative estimate of drug-likeness (QED) is 0.702. The average Bonchev–Trinajstić information content (AvgIpc) is 3.16. The molecule has 1 atom stereocenters. The van der Waals surface area contributed by atoms with Gasteiger partial charge < -0.3 is 9.88 Å². The van der Waals surface area contributed by atoms with Gasteiger partial charge in [-0.2, -0.15) is 13.2 Å². The summed E-state index contributed by atoms with van der Waals surface area (Å²) in [5.41, 5.74) is 0.292. The van der Waals surface area contributed by atoms with Crippen molar-refractivity contribution in [3.63, 3.8) is 0 Å². The Morgan fingerprint density at radius 1 is 1.15 bits per heavy atom. The first-order valence-corrected chi connectivity index (χ1v) is 8.68. The van der Waals surface area contributed by atoms with E-state index >= 15 is 0 Å². The van der Waals surface area contributed by atoms with Gasteiger partial charge in [-0.05, 0) is 31.0 Å². The second-order valence-electron chi connectivity index (χ2n) is 6.66. The van der Waals surface area contributed by atoms with Crippen molar-refractivity contribution in [1.29, 1.82) is 0 Å². The van der Waals surface area contributed by atoms with E-state index in [-0.39, 0.29) is 11.7 Å². The molecular formula is C19H17F3N4O. The third-order valence-electron chi connectivity index (χ3n) is 4.92. The maximum absolute atomic E-state index is 12.8. The summed E-state index contributed by atoms with van der Waals surface area (Å²) in [4.78, 5) is 26.4. The standard InChI is InChI=1S/C19H17F3N4O/c20-19(21,22)14-5-3-12(4-6-14)16(27)13-2-1-9-26(10-13)18-15-7-8-23-17(15)24-11-25-18/h3-8,11,13H,1-2,9-10H2,(H,23,24,25)/t13-/m0/s1. The molecule has 0 saturated carbocycles. The van der Waals surface area contributed by atoms with Gasteiger partial charge >= 0.3 is 6.18 Å². The molecule has 4 rings (SSSR count). The highest BCUT2D eigenvalue weighted by molar-refractivity contribution is 5.98. The third kappa shape index (κ3) is 3.39. The maximum Gasteiger partial charge on any atom is 0.416 e. The molecule has 0 spiro atoms. The van der Waals surface area contributed by atoms with E-state index in [1.54, 1.807) is 6.20 Å². The van der Waals surface area contributed by atoms with Crippen LogP contribution in [0.15, 0.2) is 42.9 Å². The molecule has 5 nitrogen and oxygen atoms in total. The largest absolute Gasteiger partial charge is 0.416 e. The van der Waals surface area contributed by atoms with Gasteiger partial charge in [-0.15, -0.1) is 0 Å². The van der Waals surface area contributed by atoms with Crippen LogP contribution < -0.4 is 4.90 Å². The third-order valence-corrected chi connectivity index (χ3v) is 4.92. The predicted molar refractivity (Wildman–Crippen MR) is 94.6 cm³/mol. The van der Waals surface area contributed by atoms with E-state index < -0.39 is 11.7 Å². The van der Waals surface area contributed by atoms with E-state index in [4.69, 9.17) is 0 Å². The number of benzene rings is 1. The van der Waals surface area contributed by atoms with Crippen LogP contribution in [-0.2, 0) is 6.18 Å². The smallest absolute Gasteiger partial charge is 0.355 e. The van der Waals surface area contributed by atoms with Crippen LogP contribution in [0.4, 0.5) is 19.0 Å². The first-order valence-electron chi connectivity index (χ1n) is 8.68. The van der Waals surface area contributed by atoms with Gasteiger partial charge in [-0.3, -0.25) is 4.79 Å². The predicted octanol–water partition coefficient (Wildman–Crippen LogP) is 4.08. The molecule has 1 aromatic carbocycles. The minimum Gasteiger partial charge on any atom is -0.355 e. The number of nitrogens with one attached hydrogen (secondary N) is 1. The lowest BCUT2D eigenvalue weighted by Gasteiger charge is -2.33. The molecule has 1 saturated heterocycles. The lowest BCUT2D eigenvalue weighted by molar-refractivity contribution is -0.137. The molecule has 2 aromatic heterocycles. The fourth-order valence-electron chi connectivity index (χ4n) is 3.55. The van der Waals surface area contributed by atoms with Crippen LogP contribution in [0.25, 0.3) is 11.0 Å². The number of alkyl halides is 3. The first-order chi connectivity index (χ1) is 12.9. The Morgan fingerprint density at radius 3 is 2.67 bits per heavy atom. The summed E-state index contributed by atoms with van der Waals surface area (Å²) in [6.07, 6.45) is 0.385. The Labute approximate surface area is 153 Å². The number of anilines is 1. The van der Waals surface area contributed by atoms with E-state index in [9.17, 15) is 18.0 Å². The van der Waals surface area contributed by atoms with Gasteiger partial charge in [0.2, 0.25) is 0 Å². The number of hydrogen-bond acceptors (Lipinski definition) is 4. The fourth-order valence-corrected chi connectivity index (χ4v) is 3.55. The average molecular weight is 374 g/mol. The Bertz CT molecular complexity index is 965. The second-order valence-corrected chi connectivity index (χ2v) is 6.66. The molecule has 1 aliphatic heterocycles. The van der Waals surface area contributed by atoms with Crippen LogP contribution in [0.2, 0.25) is 0 Å². The number of halogens is 3. The zero-order valence-electron chi connectivity index (χ0n) is 14.3. The number of fused-ring (bicyclic) bond motifs is 1. The molecule has 140 valence electrons. The molecule has 0 bridgehead atoms. The van der Waals surface area contributed by atoms with Crippen molar-refractivity contribution in [1.82, 2.24) is 15.0 Å². The van der Waals surface area contributed by atoms with Gasteiger partial charge in [0.1, 0.15) is 17.8 Å². The summed E-state index contributed by atoms with van der Waals surface area (Å²) in [6.45, 7) is 1.26. The van der Waals surface area contributed by atoms with Crippen LogP contribution in [-0.4, -0.2) is 33.8 Å². The Kier molecular flexibility index (Phi) is 4.33. The van der Waals surface area contributed by atoms with E-state index in [0.29, 0.717) is 18.5 Å². The van der Waals surface area contributed by atoms with Crippen molar-refractivity contribution < 1.29 is 18.0 Å². The topological polar surface area (TPSA) is 61.9 Å². The number of aromatic nitrogens is 3. The summed E-state index contributed by atoms with van der Waals surface area (Å²) < 4.78 is 38.1. The molecule has 27 heavy (non-hydrogen) atoms. The van der Waals surface area contributed by atoms with Crippen molar-refractivity contribution in [3.8, 4) is 0 Å². The summed E-state index contributed by atoms with van der Waals surface area (Å²) in [7, 11) is 0. The number of nitrogens with zero attached hydrogens (tertiary/aromatic N) is 3. The number of hydrogen-bond donors (Lipinski definition) is 1. The summed E-state index contributed by atoms with van der Waals surface area (Å²) >= 11 is 0. The van der Waals surface area contributed by atoms with Gasteiger partial charge in [0.05, 0.1) is 10.9 Å². The van der Waals surface area contributed by atoms with Gasteiger partial charge in [0, 0.05) is 30.8 Å². The van der Waals surface area contributed by atoms with Crippen LogP contribution in [0.1, 0.15) is 28.8 Å². The zero-order chi connectivity index (χ0) is 19.0. The Morgan fingerprint density at radius 2 is 1.93 bits per heavy atom. The molecule has 0 unspecified atom stereocenters. The number of ketones is 1. The van der Waals surface area contributed by atoms with Gasteiger partial charge in [0.15, 0.2) is 5.78 Å². The second kappa shape index (κ2) is 6.68. The first kappa shape index (κ1) is 17.5. The number of piperidine rings is 1. The van der Waals surface area contributed by atoms with Gasteiger partial charge in [0.25, 0.3) is 0 Å². The normalized spacial score (nSPS) is 18.0. The highest BCUT2D eigenvalue weighted by Gasteiger charge is 2.32. The van der Waals surface area contributed by atoms with Crippen molar-refractivity contribution in [2.45, 2.75) is 19.0 Å². The number of rotatable bonds is 3. The summed E-state index contributed by atoms with van der Waals surface area (Å²) in [5.74, 6) is 0.360. The van der Waals surface area contributed by atoms with Crippen molar-refractivity contribution >= 4 is 22.6 Å². The fraction of sp³-hybridized carbons (Fsp3) is 0.316. The number of H-pyrrole nitrogens is 1. The highest BCUT2D eigenvalue weighted by atomic mass is 19.4. The van der Waals surface area contributed by atoms with Crippen LogP contribution >= 0.6 is 0 Å². The van der Waals surface area contributed by atoms with E-state index in [2.05, 4.69) is 15.0 Å². The molecule has 1 aliphatic rings. The van der Waals surface area contributed by atoms with Crippen molar-refractivity contribution in [2.24, 2.45) is 5.92 Å². The lowest BCUT2D eigenvalue weighted by atomic mass is 9.89. The summed E-state index contributed by atoms with van der Waals surface area (Å²) in [5, 5.41) is 0.889. The monoisotopic (exact) mass is 374 g/mol. The van der Waals surface area contributed by atoms with E-state index in [1.165, 1.54) is 18.5 Å². The van der Waals surface area contributed by atoms with Crippen molar-refractivity contribution in [3.05, 3.63) is 54.0 Å². The minimum absolute atomic E-state index is 0.132. The Hall–Kier alpha value is -2.90. The van der Waals surface area contributed by atoms with Crippen molar-refractivity contribution in [2.75, 3.05) is 18.0 Å². The minimum atomic E-state index is -4.40. The zero-order valence-corrected chi connectivity index (χ0v) is 14.3. The number of carbonyl (C=O) groups is 1. The summed E-state index contributed by atoms with van der Waals surface area (Å²) in [6, 6.07) is 6.34. The van der Waals surface area contributed by atoms with E-state index in [1.807, 2.05) is 11.0 Å². The molecule has 0 aliphatic carbocycles. The van der Waals surface area contributed by atoms with Crippen LogP contribution in [0.5, 0.6) is 0 Å². The number of carbonyl (C=O) groups excluding carboxylic acids is 1. The van der Waals surface area contributed by atoms with Crippen LogP contribution in [0.3, 0.4) is 0 Å².